The quantitative estimate of drug-likeness (QED) is 0.758. The maximum Gasteiger partial charge on any atom is 0.156 e. The van der Waals surface area contributed by atoms with Gasteiger partial charge in [-0.25, -0.2) is 0 Å². The molecule has 15 heavy (non-hydrogen) atoms. The number of nitrogens with zero attached hydrogens (tertiary/aromatic N) is 1. The second kappa shape index (κ2) is 3.85. The van der Waals surface area contributed by atoms with Crippen molar-refractivity contribution in [2.24, 2.45) is 0 Å². The molecule has 0 unspecified atom stereocenters. The van der Waals surface area contributed by atoms with E-state index in [1.54, 1.807) is 6.08 Å². The van der Waals surface area contributed by atoms with Crippen LogP contribution in [-0.4, -0.2) is 10.8 Å². The lowest BCUT2D eigenvalue weighted by Crippen LogP contribution is -2.06. The van der Waals surface area contributed by atoms with Crippen molar-refractivity contribution in [2.75, 3.05) is 5.73 Å². The van der Waals surface area contributed by atoms with Crippen molar-refractivity contribution in [3.8, 4) is 0 Å². The Morgan fingerprint density at radius 1 is 1.33 bits per heavy atom. The van der Waals surface area contributed by atoms with E-state index in [1.165, 1.54) is 0 Å². The fourth-order valence-corrected chi connectivity index (χ4v) is 1.80. The summed E-state index contributed by atoms with van der Waals surface area (Å²) in [6, 6.07) is 3.72. The summed E-state index contributed by atoms with van der Waals surface area (Å²) in [7, 11) is 0. The zero-order valence-electron chi connectivity index (χ0n) is 8.79. The first-order valence-electron chi connectivity index (χ1n) is 5.14. The molecule has 0 aromatic carbocycles. The van der Waals surface area contributed by atoms with Crippen molar-refractivity contribution in [3.05, 3.63) is 29.6 Å². The van der Waals surface area contributed by atoms with Crippen molar-refractivity contribution < 1.29 is 4.79 Å². The molecule has 2 N–H and O–H groups in total. The van der Waals surface area contributed by atoms with Crippen LogP contribution in [-0.2, 0) is 4.79 Å². The number of ketones is 1. The van der Waals surface area contributed by atoms with E-state index < -0.39 is 0 Å². The number of anilines is 1. The van der Waals surface area contributed by atoms with Crippen molar-refractivity contribution in [2.45, 2.75) is 26.2 Å². The van der Waals surface area contributed by atoms with E-state index in [0.717, 1.165) is 29.8 Å². The van der Waals surface area contributed by atoms with Gasteiger partial charge in [0.05, 0.1) is 11.4 Å². The maximum absolute atomic E-state index is 11.3. The molecule has 0 atom stereocenters. The van der Waals surface area contributed by atoms with Gasteiger partial charge in [0.1, 0.15) is 0 Å². The first-order valence-corrected chi connectivity index (χ1v) is 5.14. The van der Waals surface area contributed by atoms with Gasteiger partial charge in [-0.2, -0.15) is 0 Å². The molecule has 1 heterocycles. The van der Waals surface area contributed by atoms with Gasteiger partial charge in [0.2, 0.25) is 0 Å². The highest BCUT2D eigenvalue weighted by Crippen LogP contribution is 2.27. The number of hydrogen-bond acceptors (Lipinski definition) is 3. The third-order valence-electron chi connectivity index (χ3n) is 2.57. The zero-order chi connectivity index (χ0) is 10.8. The summed E-state index contributed by atoms with van der Waals surface area (Å²) >= 11 is 0. The van der Waals surface area contributed by atoms with Crippen LogP contribution in [0.5, 0.6) is 0 Å². The molecule has 78 valence electrons. The topological polar surface area (TPSA) is 56.0 Å². The van der Waals surface area contributed by atoms with E-state index in [-0.39, 0.29) is 5.78 Å². The number of carbonyl (C=O) groups excluding carboxylic acids is 1. The highest BCUT2D eigenvalue weighted by molar-refractivity contribution is 5.98. The Morgan fingerprint density at radius 3 is 2.87 bits per heavy atom. The van der Waals surface area contributed by atoms with Crippen molar-refractivity contribution in [1.29, 1.82) is 0 Å². The first kappa shape index (κ1) is 9.90. The number of nitrogens with two attached hydrogens (primary N) is 1. The molecule has 0 aliphatic heterocycles. The predicted molar refractivity (Wildman–Crippen MR) is 60.2 cm³/mol. The average molecular weight is 202 g/mol. The molecule has 0 fully saturated rings. The molecule has 1 aliphatic carbocycles. The molecule has 0 spiro atoms. The van der Waals surface area contributed by atoms with Crippen molar-refractivity contribution >= 4 is 17.0 Å². The van der Waals surface area contributed by atoms with E-state index in [9.17, 15) is 4.79 Å². The van der Waals surface area contributed by atoms with Crippen LogP contribution < -0.4 is 5.73 Å². The highest BCUT2D eigenvalue weighted by atomic mass is 16.1. The van der Waals surface area contributed by atoms with Crippen molar-refractivity contribution in [3.63, 3.8) is 0 Å². The van der Waals surface area contributed by atoms with Gasteiger partial charge in [0.25, 0.3) is 0 Å². The lowest BCUT2D eigenvalue weighted by Gasteiger charge is -2.13. The van der Waals surface area contributed by atoms with Crippen LogP contribution in [0.2, 0.25) is 0 Å². The Kier molecular flexibility index (Phi) is 2.54. The number of rotatable bonds is 1. The molecular weight excluding hydrogens is 188 g/mol. The summed E-state index contributed by atoms with van der Waals surface area (Å²) in [6.07, 6.45) is 4.13. The van der Waals surface area contributed by atoms with Gasteiger partial charge in [-0.3, -0.25) is 9.78 Å². The molecule has 0 bridgehead atoms. The van der Waals surface area contributed by atoms with Gasteiger partial charge in [-0.05, 0) is 43.5 Å². The van der Waals surface area contributed by atoms with E-state index in [1.807, 2.05) is 19.1 Å². The summed E-state index contributed by atoms with van der Waals surface area (Å²) in [4.78, 5) is 15.7. The number of pyridine rings is 1. The average Bonchev–Trinajstić information content (AvgIpc) is 2.22. The molecule has 0 saturated carbocycles. The van der Waals surface area contributed by atoms with Crippen LogP contribution in [0, 0.1) is 6.92 Å². The summed E-state index contributed by atoms with van der Waals surface area (Å²) in [5.74, 6) is 0.180. The van der Waals surface area contributed by atoms with Gasteiger partial charge in [-0.1, -0.05) is 0 Å². The van der Waals surface area contributed by atoms with Crippen molar-refractivity contribution in [1.82, 2.24) is 4.98 Å². The molecule has 0 saturated heterocycles. The molecule has 0 amide bonds. The number of allylic oxidation sites excluding steroid dienone is 2. The Bertz CT molecular complexity index is 435. The second-order valence-electron chi connectivity index (χ2n) is 3.88. The Balaban J connectivity index is 2.44. The molecule has 1 aliphatic rings. The molecule has 1 aromatic heterocycles. The zero-order valence-corrected chi connectivity index (χ0v) is 8.79. The Labute approximate surface area is 89.0 Å². The normalized spacial score (nSPS) is 16.3. The molecular formula is C12H14N2O. The Hall–Kier alpha value is -1.64. The molecule has 3 nitrogen and oxygen atoms in total. The van der Waals surface area contributed by atoms with Gasteiger partial charge < -0.3 is 5.73 Å². The summed E-state index contributed by atoms with van der Waals surface area (Å²) < 4.78 is 0. The number of hydrogen-bond donors (Lipinski definition) is 1. The SMILES string of the molecule is Cc1ccc(N)c(C2=CC(=O)CCC2)n1. The highest BCUT2D eigenvalue weighted by Gasteiger charge is 2.14. The fraction of sp³-hybridized carbons (Fsp3) is 0.333. The fourth-order valence-electron chi connectivity index (χ4n) is 1.80. The third kappa shape index (κ3) is 2.06. The van der Waals surface area contributed by atoms with Crippen LogP contribution in [0.1, 0.15) is 30.7 Å². The smallest absolute Gasteiger partial charge is 0.156 e. The van der Waals surface area contributed by atoms with Gasteiger partial charge in [0.15, 0.2) is 5.78 Å². The molecule has 3 heteroatoms. The molecule has 1 aromatic rings. The summed E-state index contributed by atoms with van der Waals surface area (Å²) in [6.45, 7) is 1.92. The monoisotopic (exact) mass is 202 g/mol. The molecule has 0 radical (unpaired) electrons. The maximum atomic E-state index is 11.3. The van der Waals surface area contributed by atoms with Gasteiger partial charge in [-0.15, -0.1) is 0 Å². The van der Waals surface area contributed by atoms with Gasteiger partial charge in [0, 0.05) is 12.1 Å². The van der Waals surface area contributed by atoms with Crippen LogP contribution in [0.4, 0.5) is 5.69 Å². The Morgan fingerprint density at radius 2 is 2.13 bits per heavy atom. The van der Waals surface area contributed by atoms with E-state index >= 15 is 0 Å². The minimum Gasteiger partial charge on any atom is -0.397 e. The number of nitrogen functional groups attached to an aromatic ring is 1. The lowest BCUT2D eigenvalue weighted by atomic mass is 9.95. The largest absolute Gasteiger partial charge is 0.397 e. The van der Waals surface area contributed by atoms with Crippen LogP contribution in [0.15, 0.2) is 18.2 Å². The van der Waals surface area contributed by atoms with Crippen LogP contribution in [0.25, 0.3) is 5.57 Å². The third-order valence-corrected chi connectivity index (χ3v) is 2.57. The predicted octanol–water partition coefficient (Wildman–Crippen LogP) is 2.11. The van der Waals surface area contributed by atoms with Crippen LogP contribution in [0.3, 0.4) is 0 Å². The summed E-state index contributed by atoms with van der Waals surface area (Å²) in [5.41, 5.74) is 9.19. The van der Waals surface area contributed by atoms with Gasteiger partial charge >= 0.3 is 0 Å². The minimum atomic E-state index is 0.180. The first-order chi connectivity index (χ1) is 7.16. The summed E-state index contributed by atoms with van der Waals surface area (Å²) in [5, 5.41) is 0. The number of carbonyl (C=O) groups is 1. The van der Waals surface area contributed by atoms with E-state index in [0.29, 0.717) is 12.1 Å². The number of aryl methyl sites for hydroxylation is 1. The minimum absolute atomic E-state index is 0.180. The standard InChI is InChI=1S/C12H14N2O/c1-8-5-6-11(13)12(14-8)9-3-2-4-10(15)7-9/h5-7H,2-4,13H2,1H3. The number of aromatic nitrogens is 1. The lowest BCUT2D eigenvalue weighted by molar-refractivity contribution is -0.114. The second-order valence-corrected chi connectivity index (χ2v) is 3.88. The van der Waals surface area contributed by atoms with Crippen LogP contribution >= 0.6 is 0 Å². The van der Waals surface area contributed by atoms with E-state index in [4.69, 9.17) is 5.73 Å². The van der Waals surface area contributed by atoms with E-state index in [2.05, 4.69) is 4.98 Å². The molecule has 2 rings (SSSR count).